The van der Waals surface area contributed by atoms with E-state index >= 15 is 0 Å². The van der Waals surface area contributed by atoms with Gasteiger partial charge in [-0.3, -0.25) is 9.89 Å². The molecule has 6 nitrogen and oxygen atoms in total. The van der Waals surface area contributed by atoms with E-state index in [-0.39, 0.29) is 0 Å². The van der Waals surface area contributed by atoms with E-state index in [0.29, 0.717) is 18.4 Å². The van der Waals surface area contributed by atoms with Crippen LogP contribution in [-0.4, -0.2) is 33.2 Å². The number of hydrogen-bond donors (Lipinski definition) is 3. The molecule has 1 amide bonds. The lowest BCUT2D eigenvalue weighted by Gasteiger charge is -2.12. The predicted octanol–water partition coefficient (Wildman–Crippen LogP) is 0.393. The van der Waals surface area contributed by atoms with Crippen molar-refractivity contribution >= 4 is 11.9 Å². The largest absolute Gasteiger partial charge is 0.480 e. The molecule has 0 saturated heterocycles. The number of amides is 1. The van der Waals surface area contributed by atoms with E-state index < -0.39 is 17.9 Å². The molecule has 1 aromatic rings. The predicted molar refractivity (Wildman–Crippen MR) is 52.4 cm³/mol. The summed E-state index contributed by atoms with van der Waals surface area (Å²) in [5.74, 6) is -1.45. The van der Waals surface area contributed by atoms with Gasteiger partial charge in [0.05, 0.1) is 11.8 Å². The lowest BCUT2D eigenvalue weighted by atomic mass is 10.1. The number of aromatic nitrogens is 2. The van der Waals surface area contributed by atoms with Crippen LogP contribution in [0.15, 0.2) is 12.4 Å². The molecule has 0 spiro atoms. The topological polar surface area (TPSA) is 95.1 Å². The number of carboxylic acid groups (broad SMARTS) is 1. The van der Waals surface area contributed by atoms with Crippen molar-refractivity contribution in [2.45, 2.75) is 25.8 Å². The van der Waals surface area contributed by atoms with Crippen LogP contribution < -0.4 is 5.32 Å². The first-order valence-electron chi connectivity index (χ1n) is 4.67. The van der Waals surface area contributed by atoms with Crippen LogP contribution >= 0.6 is 0 Å². The van der Waals surface area contributed by atoms with Crippen LogP contribution in [0.4, 0.5) is 0 Å². The number of hydrogen-bond acceptors (Lipinski definition) is 3. The molecule has 0 aromatic carbocycles. The Morgan fingerprint density at radius 3 is 2.87 bits per heavy atom. The molecule has 15 heavy (non-hydrogen) atoms. The number of carbonyl (C=O) groups excluding carboxylic acids is 1. The third-order valence-electron chi connectivity index (χ3n) is 1.94. The van der Waals surface area contributed by atoms with Crippen molar-refractivity contribution < 1.29 is 14.7 Å². The fourth-order valence-corrected chi connectivity index (χ4v) is 1.16. The molecule has 82 valence electrons. The van der Waals surface area contributed by atoms with Gasteiger partial charge in [-0.05, 0) is 6.42 Å². The average Bonchev–Trinajstić information content (AvgIpc) is 2.69. The quantitative estimate of drug-likeness (QED) is 0.656. The van der Waals surface area contributed by atoms with E-state index in [9.17, 15) is 9.59 Å². The summed E-state index contributed by atoms with van der Waals surface area (Å²) >= 11 is 0. The summed E-state index contributed by atoms with van der Waals surface area (Å²) in [5, 5.41) is 17.3. The van der Waals surface area contributed by atoms with Crippen LogP contribution in [0, 0.1) is 0 Å². The normalized spacial score (nSPS) is 12.1. The van der Waals surface area contributed by atoms with Crippen molar-refractivity contribution in [3.63, 3.8) is 0 Å². The minimum Gasteiger partial charge on any atom is -0.480 e. The average molecular weight is 211 g/mol. The van der Waals surface area contributed by atoms with Crippen molar-refractivity contribution in [2.24, 2.45) is 0 Å². The van der Waals surface area contributed by atoms with Gasteiger partial charge in [-0.15, -0.1) is 0 Å². The van der Waals surface area contributed by atoms with Gasteiger partial charge in [0.25, 0.3) is 5.91 Å². The van der Waals surface area contributed by atoms with Crippen molar-refractivity contribution in [1.29, 1.82) is 0 Å². The maximum Gasteiger partial charge on any atom is 0.326 e. The summed E-state index contributed by atoms with van der Waals surface area (Å²) in [5.41, 5.74) is 0.331. The van der Waals surface area contributed by atoms with E-state index in [1.807, 2.05) is 6.92 Å². The van der Waals surface area contributed by atoms with Crippen LogP contribution in [0.5, 0.6) is 0 Å². The molecular formula is C9H13N3O3. The third kappa shape index (κ3) is 3.08. The van der Waals surface area contributed by atoms with Crippen LogP contribution in [0.1, 0.15) is 30.1 Å². The van der Waals surface area contributed by atoms with Gasteiger partial charge in [-0.25, -0.2) is 4.79 Å². The molecule has 1 rings (SSSR count). The second kappa shape index (κ2) is 5.14. The Hall–Kier alpha value is -1.85. The van der Waals surface area contributed by atoms with Crippen LogP contribution in [0.25, 0.3) is 0 Å². The molecule has 1 atom stereocenters. The molecule has 0 aliphatic carbocycles. The summed E-state index contributed by atoms with van der Waals surface area (Å²) in [6, 6.07) is -0.836. The molecule has 0 unspecified atom stereocenters. The van der Waals surface area contributed by atoms with Crippen molar-refractivity contribution in [1.82, 2.24) is 15.5 Å². The van der Waals surface area contributed by atoms with Crippen LogP contribution in [0.2, 0.25) is 0 Å². The molecule has 0 fully saturated rings. The van der Waals surface area contributed by atoms with E-state index in [1.54, 1.807) is 0 Å². The van der Waals surface area contributed by atoms with Crippen molar-refractivity contribution in [3.05, 3.63) is 18.0 Å². The summed E-state index contributed by atoms with van der Waals surface area (Å²) in [6.45, 7) is 1.86. The summed E-state index contributed by atoms with van der Waals surface area (Å²) in [4.78, 5) is 22.2. The highest BCUT2D eigenvalue weighted by Gasteiger charge is 2.19. The maximum absolute atomic E-state index is 11.5. The molecule has 0 bridgehead atoms. The number of nitrogens with zero attached hydrogens (tertiary/aromatic N) is 1. The Morgan fingerprint density at radius 1 is 1.67 bits per heavy atom. The van der Waals surface area contributed by atoms with Gasteiger partial charge in [0.15, 0.2) is 0 Å². The highest BCUT2D eigenvalue weighted by atomic mass is 16.4. The summed E-state index contributed by atoms with van der Waals surface area (Å²) in [6.07, 6.45) is 3.88. The van der Waals surface area contributed by atoms with Crippen LogP contribution in [0.3, 0.4) is 0 Å². The van der Waals surface area contributed by atoms with E-state index in [0.717, 1.165) is 0 Å². The number of carboxylic acids is 1. The number of H-pyrrole nitrogens is 1. The number of aromatic amines is 1. The lowest BCUT2D eigenvalue weighted by molar-refractivity contribution is -0.139. The smallest absolute Gasteiger partial charge is 0.326 e. The van der Waals surface area contributed by atoms with E-state index in [4.69, 9.17) is 5.11 Å². The Kier molecular flexibility index (Phi) is 3.84. The second-order valence-electron chi connectivity index (χ2n) is 3.14. The third-order valence-corrected chi connectivity index (χ3v) is 1.94. The fraction of sp³-hybridized carbons (Fsp3) is 0.444. The van der Waals surface area contributed by atoms with Crippen LogP contribution in [-0.2, 0) is 4.79 Å². The van der Waals surface area contributed by atoms with Gasteiger partial charge in [0.1, 0.15) is 6.04 Å². The Labute approximate surface area is 86.7 Å². The molecule has 0 aliphatic heterocycles. The molecule has 1 heterocycles. The van der Waals surface area contributed by atoms with Gasteiger partial charge in [-0.2, -0.15) is 5.10 Å². The summed E-state index contributed by atoms with van der Waals surface area (Å²) in [7, 11) is 0. The van der Waals surface area contributed by atoms with E-state index in [2.05, 4.69) is 15.5 Å². The molecule has 6 heteroatoms. The van der Waals surface area contributed by atoms with Gasteiger partial charge >= 0.3 is 5.97 Å². The zero-order chi connectivity index (χ0) is 11.3. The molecule has 0 saturated carbocycles. The molecule has 0 aliphatic rings. The fourth-order valence-electron chi connectivity index (χ4n) is 1.16. The van der Waals surface area contributed by atoms with Crippen molar-refractivity contribution in [3.8, 4) is 0 Å². The van der Waals surface area contributed by atoms with Gasteiger partial charge in [0.2, 0.25) is 0 Å². The Bertz CT molecular complexity index is 334. The number of nitrogens with one attached hydrogen (secondary N) is 2. The van der Waals surface area contributed by atoms with Crippen molar-refractivity contribution in [2.75, 3.05) is 0 Å². The molecular weight excluding hydrogens is 198 g/mol. The maximum atomic E-state index is 11.5. The number of carbonyl (C=O) groups is 2. The first-order chi connectivity index (χ1) is 7.15. The highest BCUT2D eigenvalue weighted by Crippen LogP contribution is 2.00. The SMILES string of the molecule is CCC[C@H](NC(=O)c1cn[nH]c1)C(=O)O. The Morgan fingerprint density at radius 2 is 2.40 bits per heavy atom. The zero-order valence-electron chi connectivity index (χ0n) is 8.36. The first kappa shape index (κ1) is 11.2. The van der Waals surface area contributed by atoms with Gasteiger partial charge in [-0.1, -0.05) is 13.3 Å². The first-order valence-corrected chi connectivity index (χ1v) is 4.67. The molecule has 0 radical (unpaired) electrons. The standard InChI is InChI=1S/C9H13N3O3/c1-2-3-7(9(14)15)12-8(13)6-4-10-11-5-6/h4-5,7H,2-3H2,1H3,(H,10,11)(H,12,13)(H,14,15)/t7-/m0/s1. The highest BCUT2D eigenvalue weighted by molar-refractivity contribution is 5.96. The zero-order valence-corrected chi connectivity index (χ0v) is 8.36. The Balaban J connectivity index is 2.59. The lowest BCUT2D eigenvalue weighted by Crippen LogP contribution is -2.40. The van der Waals surface area contributed by atoms with E-state index in [1.165, 1.54) is 12.4 Å². The minimum atomic E-state index is -1.02. The van der Waals surface area contributed by atoms with Gasteiger partial charge < -0.3 is 10.4 Å². The van der Waals surface area contributed by atoms with Gasteiger partial charge in [0, 0.05) is 6.20 Å². The summed E-state index contributed by atoms with van der Waals surface area (Å²) < 4.78 is 0. The second-order valence-corrected chi connectivity index (χ2v) is 3.14. The number of aliphatic carboxylic acids is 1. The number of rotatable bonds is 5. The molecule has 3 N–H and O–H groups in total. The monoisotopic (exact) mass is 211 g/mol. The minimum absolute atomic E-state index is 0.331. The molecule has 1 aromatic heterocycles.